The van der Waals surface area contributed by atoms with Crippen LogP contribution < -0.4 is 4.90 Å². The Morgan fingerprint density at radius 3 is 2.40 bits per heavy atom. The number of halogens is 1. The van der Waals surface area contributed by atoms with E-state index in [4.69, 9.17) is 16.3 Å². The highest BCUT2D eigenvalue weighted by molar-refractivity contribution is 6.30. The molecule has 3 heterocycles. The lowest BCUT2D eigenvalue weighted by Gasteiger charge is -2.35. The van der Waals surface area contributed by atoms with E-state index in [0.29, 0.717) is 53.4 Å². The van der Waals surface area contributed by atoms with Gasteiger partial charge in [-0.05, 0) is 36.4 Å². The monoisotopic (exact) mass is 486 g/mol. The van der Waals surface area contributed by atoms with Crippen LogP contribution in [0.4, 0.5) is 5.82 Å². The summed E-state index contributed by atoms with van der Waals surface area (Å²) in [5.74, 6) is 0.127. The third-order valence-corrected chi connectivity index (χ3v) is 6.26. The van der Waals surface area contributed by atoms with Gasteiger partial charge in [0.15, 0.2) is 6.61 Å². The third kappa shape index (κ3) is 5.10. The van der Waals surface area contributed by atoms with Gasteiger partial charge in [0.2, 0.25) is 0 Å². The topological polar surface area (TPSA) is 75.6 Å². The van der Waals surface area contributed by atoms with Gasteiger partial charge in [-0.1, -0.05) is 48.0 Å². The van der Waals surface area contributed by atoms with E-state index in [1.165, 1.54) is 0 Å². The standard InChI is InChI=1S/C27H23ClN4O3/c28-20-10-8-19(9-11-20)24-17-22(21-5-1-2-6-23(21)30-24)27(34)35-18-26(33)32-15-13-31(14-16-32)25-7-3-4-12-29-25/h1-12,17H,13-16,18H2. The van der Waals surface area contributed by atoms with Crippen LogP contribution in [0.2, 0.25) is 5.02 Å². The summed E-state index contributed by atoms with van der Waals surface area (Å²) < 4.78 is 5.47. The molecule has 176 valence electrons. The fourth-order valence-electron chi connectivity index (χ4n) is 4.13. The number of hydrogen-bond acceptors (Lipinski definition) is 6. The normalized spacial score (nSPS) is 13.6. The first-order valence-corrected chi connectivity index (χ1v) is 11.7. The summed E-state index contributed by atoms with van der Waals surface area (Å²) in [5, 5.41) is 1.29. The van der Waals surface area contributed by atoms with Gasteiger partial charge in [-0.25, -0.2) is 14.8 Å². The largest absolute Gasteiger partial charge is 0.452 e. The predicted molar refractivity (Wildman–Crippen MR) is 136 cm³/mol. The molecular weight excluding hydrogens is 464 g/mol. The number of rotatable bonds is 5. The third-order valence-electron chi connectivity index (χ3n) is 6.01. The maximum Gasteiger partial charge on any atom is 0.339 e. The molecule has 0 N–H and O–H groups in total. The van der Waals surface area contributed by atoms with Crippen LogP contribution in [0.15, 0.2) is 79.0 Å². The Morgan fingerprint density at radius 1 is 0.914 bits per heavy atom. The number of fused-ring (bicyclic) bond motifs is 1. The molecule has 0 saturated carbocycles. The molecule has 4 aromatic rings. The van der Waals surface area contributed by atoms with Gasteiger partial charge in [0.1, 0.15) is 5.82 Å². The van der Waals surface area contributed by atoms with Gasteiger partial charge in [0, 0.05) is 48.3 Å². The van der Waals surface area contributed by atoms with Crippen molar-refractivity contribution in [2.24, 2.45) is 0 Å². The first kappa shape index (κ1) is 22.8. The van der Waals surface area contributed by atoms with E-state index in [-0.39, 0.29) is 12.5 Å². The van der Waals surface area contributed by atoms with E-state index in [0.717, 1.165) is 11.4 Å². The maximum atomic E-state index is 13.1. The molecule has 1 amide bonds. The lowest BCUT2D eigenvalue weighted by Crippen LogP contribution is -2.50. The molecule has 0 radical (unpaired) electrons. The first-order valence-electron chi connectivity index (χ1n) is 11.3. The molecule has 0 atom stereocenters. The maximum absolute atomic E-state index is 13.1. The van der Waals surface area contributed by atoms with Crippen molar-refractivity contribution in [1.82, 2.24) is 14.9 Å². The number of anilines is 1. The van der Waals surface area contributed by atoms with E-state index in [2.05, 4.69) is 14.9 Å². The summed E-state index contributed by atoms with van der Waals surface area (Å²) in [6.45, 7) is 2.14. The van der Waals surface area contributed by atoms with Gasteiger partial charge in [-0.2, -0.15) is 0 Å². The van der Waals surface area contributed by atoms with E-state index in [1.807, 2.05) is 54.6 Å². The summed E-state index contributed by atoms with van der Waals surface area (Å²) in [5.41, 5.74) is 2.50. The fraction of sp³-hybridized carbons (Fsp3) is 0.185. The van der Waals surface area contributed by atoms with Crippen molar-refractivity contribution in [3.05, 3.63) is 89.6 Å². The van der Waals surface area contributed by atoms with Crippen LogP contribution in [0.25, 0.3) is 22.2 Å². The van der Waals surface area contributed by atoms with Crippen molar-refractivity contribution in [3.8, 4) is 11.3 Å². The predicted octanol–water partition coefficient (Wildman–Crippen LogP) is 4.46. The van der Waals surface area contributed by atoms with Gasteiger partial charge in [-0.3, -0.25) is 4.79 Å². The second-order valence-corrected chi connectivity index (χ2v) is 8.65. The SMILES string of the molecule is O=C(OCC(=O)N1CCN(c2ccccn2)CC1)c1cc(-c2ccc(Cl)cc2)nc2ccccc12. The lowest BCUT2D eigenvalue weighted by molar-refractivity contribution is -0.134. The van der Waals surface area contributed by atoms with Crippen LogP contribution >= 0.6 is 11.6 Å². The van der Waals surface area contributed by atoms with E-state index < -0.39 is 5.97 Å². The van der Waals surface area contributed by atoms with Crippen molar-refractivity contribution >= 4 is 40.2 Å². The van der Waals surface area contributed by atoms with Crippen LogP contribution in [0.1, 0.15) is 10.4 Å². The van der Waals surface area contributed by atoms with Crippen LogP contribution in [0.3, 0.4) is 0 Å². The number of aromatic nitrogens is 2. The van der Waals surface area contributed by atoms with Gasteiger partial charge >= 0.3 is 5.97 Å². The number of esters is 1. The summed E-state index contributed by atoms with van der Waals surface area (Å²) in [7, 11) is 0. The molecule has 8 heteroatoms. The molecule has 1 aliphatic heterocycles. The summed E-state index contributed by atoms with van der Waals surface area (Å²) >= 11 is 6.01. The molecule has 0 bridgehead atoms. The smallest absolute Gasteiger partial charge is 0.339 e. The van der Waals surface area contributed by atoms with Gasteiger partial charge in [-0.15, -0.1) is 0 Å². The number of carbonyl (C=O) groups is 2. The molecule has 0 unspecified atom stereocenters. The Hall–Kier alpha value is -3.97. The fourth-order valence-corrected chi connectivity index (χ4v) is 4.26. The molecule has 1 saturated heterocycles. The van der Waals surface area contributed by atoms with Crippen molar-refractivity contribution in [1.29, 1.82) is 0 Å². The van der Waals surface area contributed by atoms with E-state index in [9.17, 15) is 9.59 Å². The highest BCUT2D eigenvalue weighted by atomic mass is 35.5. The molecule has 2 aromatic carbocycles. The zero-order valence-corrected chi connectivity index (χ0v) is 19.7. The molecule has 2 aromatic heterocycles. The number of ether oxygens (including phenoxy) is 1. The second-order valence-electron chi connectivity index (χ2n) is 8.21. The van der Waals surface area contributed by atoms with Gasteiger partial charge in [0.05, 0.1) is 16.8 Å². The van der Waals surface area contributed by atoms with E-state index >= 15 is 0 Å². The van der Waals surface area contributed by atoms with Crippen LogP contribution in [0.5, 0.6) is 0 Å². The highest BCUT2D eigenvalue weighted by Gasteiger charge is 2.23. The summed E-state index contributed by atoms with van der Waals surface area (Å²) in [6, 6.07) is 22.1. The Labute approximate surface area is 207 Å². The highest BCUT2D eigenvalue weighted by Crippen LogP contribution is 2.26. The molecule has 7 nitrogen and oxygen atoms in total. The molecule has 1 aliphatic rings. The number of carbonyl (C=O) groups excluding carboxylic acids is 2. The second kappa shape index (κ2) is 10.1. The quantitative estimate of drug-likeness (QED) is 0.388. The summed E-state index contributed by atoms with van der Waals surface area (Å²) in [4.78, 5) is 38.7. The average molecular weight is 487 g/mol. The van der Waals surface area contributed by atoms with E-state index in [1.54, 1.807) is 29.3 Å². The zero-order valence-electron chi connectivity index (χ0n) is 18.9. The number of nitrogens with zero attached hydrogens (tertiary/aromatic N) is 4. The molecular formula is C27H23ClN4O3. The average Bonchev–Trinajstić information content (AvgIpc) is 2.92. The van der Waals surface area contributed by atoms with Gasteiger partial charge < -0.3 is 14.5 Å². The Kier molecular flexibility index (Phi) is 6.59. The van der Waals surface area contributed by atoms with Crippen molar-refractivity contribution in [2.75, 3.05) is 37.7 Å². The van der Waals surface area contributed by atoms with Crippen molar-refractivity contribution in [2.45, 2.75) is 0 Å². The van der Waals surface area contributed by atoms with Crippen LogP contribution in [-0.2, 0) is 9.53 Å². The number of amides is 1. The lowest BCUT2D eigenvalue weighted by atomic mass is 10.0. The molecule has 1 fully saturated rings. The van der Waals surface area contributed by atoms with Crippen LogP contribution in [-0.4, -0.2) is 59.5 Å². The molecule has 0 spiro atoms. The minimum absolute atomic E-state index is 0.213. The molecule has 0 aliphatic carbocycles. The molecule has 5 rings (SSSR count). The number of benzene rings is 2. The number of piperazine rings is 1. The molecule has 35 heavy (non-hydrogen) atoms. The summed E-state index contributed by atoms with van der Waals surface area (Å²) in [6.07, 6.45) is 1.76. The van der Waals surface area contributed by atoms with Gasteiger partial charge in [0.25, 0.3) is 5.91 Å². The Morgan fingerprint density at radius 2 is 1.66 bits per heavy atom. The number of pyridine rings is 2. The minimum Gasteiger partial charge on any atom is -0.452 e. The number of para-hydroxylation sites is 1. The Balaban J connectivity index is 1.27. The van der Waals surface area contributed by atoms with Crippen LogP contribution in [0, 0.1) is 0 Å². The minimum atomic E-state index is -0.556. The zero-order chi connectivity index (χ0) is 24.2. The number of hydrogen-bond donors (Lipinski definition) is 0. The Bertz CT molecular complexity index is 1350. The van der Waals surface area contributed by atoms with Crippen molar-refractivity contribution in [3.63, 3.8) is 0 Å². The first-order chi connectivity index (χ1) is 17.1. The van der Waals surface area contributed by atoms with Crippen molar-refractivity contribution < 1.29 is 14.3 Å².